The predicted octanol–water partition coefficient (Wildman–Crippen LogP) is 3.36. The van der Waals surface area contributed by atoms with Gasteiger partial charge in [0, 0.05) is 0 Å². The Labute approximate surface area is 82.5 Å². The van der Waals surface area contributed by atoms with E-state index in [9.17, 15) is 5.11 Å². The summed E-state index contributed by atoms with van der Waals surface area (Å²) in [7, 11) is 0. The molecule has 0 amide bonds. The molecule has 0 saturated heterocycles. The van der Waals surface area contributed by atoms with Gasteiger partial charge in [-0.05, 0) is 50.4 Å². The van der Waals surface area contributed by atoms with Gasteiger partial charge in [0.25, 0.3) is 0 Å². The van der Waals surface area contributed by atoms with Crippen LogP contribution in [0.25, 0.3) is 0 Å². The Morgan fingerprint density at radius 3 is 2.31 bits per heavy atom. The summed E-state index contributed by atoms with van der Waals surface area (Å²) in [6.45, 7) is 6.76. The zero-order chi connectivity index (χ0) is 9.90. The van der Waals surface area contributed by atoms with Crippen molar-refractivity contribution < 1.29 is 5.11 Å². The average molecular weight is 184 g/mol. The van der Waals surface area contributed by atoms with E-state index in [2.05, 4.69) is 20.8 Å². The summed E-state index contributed by atoms with van der Waals surface area (Å²) in [5, 5.41) is 10.2. The Balaban J connectivity index is 2.30. The fourth-order valence-corrected chi connectivity index (χ4v) is 2.11. The van der Waals surface area contributed by atoms with Gasteiger partial charge in [0.2, 0.25) is 0 Å². The molecule has 0 aromatic carbocycles. The Hall–Kier alpha value is -0.0400. The van der Waals surface area contributed by atoms with Gasteiger partial charge in [-0.3, -0.25) is 0 Å². The summed E-state index contributed by atoms with van der Waals surface area (Å²) in [6.07, 6.45) is 6.67. The van der Waals surface area contributed by atoms with E-state index in [1.54, 1.807) is 0 Å². The van der Waals surface area contributed by atoms with Crippen molar-refractivity contribution in [3.63, 3.8) is 0 Å². The summed E-state index contributed by atoms with van der Waals surface area (Å²) >= 11 is 0. The summed E-state index contributed by atoms with van der Waals surface area (Å²) in [5.74, 6) is 1.56. The molecule has 0 aromatic heterocycles. The van der Waals surface area contributed by atoms with Crippen LogP contribution in [0.3, 0.4) is 0 Å². The maximum absolute atomic E-state index is 10.2. The van der Waals surface area contributed by atoms with E-state index in [1.165, 1.54) is 19.3 Å². The van der Waals surface area contributed by atoms with Gasteiger partial charge in [-0.25, -0.2) is 0 Å². The molecule has 1 aliphatic rings. The molecular formula is C12H24O. The topological polar surface area (TPSA) is 20.2 Å². The van der Waals surface area contributed by atoms with Crippen LogP contribution in [0.4, 0.5) is 0 Å². The fourth-order valence-electron chi connectivity index (χ4n) is 2.11. The summed E-state index contributed by atoms with van der Waals surface area (Å²) < 4.78 is 0. The Bertz CT molecular complexity index is 143. The normalized spacial score (nSPS) is 35.3. The molecule has 0 atom stereocenters. The lowest BCUT2D eigenvalue weighted by Crippen LogP contribution is -2.33. The van der Waals surface area contributed by atoms with Crippen LogP contribution in [0.2, 0.25) is 0 Å². The second-order valence-electron chi connectivity index (χ2n) is 5.34. The van der Waals surface area contributed by atoms with Crippen molar-refractivity contribution in [2.45, 2.75) is 64.9 Å². The first kappa shape index (κ1) is 11.0. The molecule has 0 aromatic rings. The third kappa shape index (κ3) is 3.68. The van der Waals surface area contributed by atoms with Crippen molar-refractivity contribution in [2.24, 2.45) is 11.8 Å². The van der Waals surface area contributed by atoms with Crippen LogP contribution in [-0.2, 0) is 0 Å². The van der Waals surface area contributed by atoms with E-state index in [-0.39, 0.29) is 5.60 Å². The van der Waals surface area contributed by atoms with Gasteiger partial charge < -0.3 is 5.11 Å². The quantitative estimate of drug-likeness (QED) is 0.713. The molecule has 0 radical (unpaired) electrons. The lowest BCUT2D eigenvalue weighted by molar-refractivity contribution is -0.0183. The molecule has 1 N–H and O–H groups in total. The molecule has 1 aliphatic carbocycles. The smallest absolute Gasteiger partial charge is 0.0648 e. The van der Waals surface area contributed by atoms with Crippen molar-refractivity contribution in [3.05, 3.63) is 0 Å². The van der Waals surface area contributed by atoms with Gasteiger partial charge in [0.1, 0.15) is 0 Å². The average Bonchev–Trinajstić information content (AvgIpc) is 2.08. The minimum atomic E-state index is -0.309. The van der Waals surface area contributed by atoms with E-state index >= 15 is 0 Å². The fraction of sp³-hybridized carbons (Fsp3) is 1.00. The molecule has 78 valence electrons. The minimum absolute atomic E-state index is 0.309. The molecule has 0 spiro atoms. The first-order chi connectivity index (χ1) is 6.02. The van der Waals surface area contributed by atoms with Gasteiger partial charge >= 0.3 is 0 Å². The molecule has 1 fully saturated rings. The minimum Gasteiger partial charge on any atom is -0.390 e. The molecule has 0 bridgehead atoms. The predicted molar refractivity (Wildman–Crippen MR) is 56.7 cm³/mol. The Morgan fingerprint density at radius 1 is 1.31 bits per heavy atom. The molecule has 1 heteroatoms. The van der Waals surface area contributed by atoms with Crippen LogP contribution in [0, 0.1) is 11.8 Å². The highest BCUT2D eigenvalue weighted by molar-refractivity contribution is 4.84. The second kappa shape index (κ2) is 4.45. The zero-order valence-electron chi connectivity index (χ0n) is 9.34. The van der Waals surface area contributed by atoms with Crippen molar-refractivity contribution in [2.75, 3.05) is 0 Å². The molecule has 1 nitrogen and oxygen atoms in total. The Kier molecular flexibility index (Phi) is 3.78. The maximum Gasteiger partial charge on any atom is 0.0648 e. The van der Waals surface area contributed by atoms with Gasteiger partial charge in [-0.15, -0.1) is 0 Å². The van der Waals surface area contributed by atoms with E-state index < -0.39 is 0 Å². The van der Waals surface area contributed by atoms with Crippen molar-refractivity contribution in [1.29, 1.82) is 0 Å². The Morgan fingerprint density at radius 2 is 1.85 bits per heavy atom. The molecular weight excluding hydrogens is 160 g/mol. The van der Waals surface area contributed by atoms with Crippen molar-refractivity contribution in [1.82, 2.24) is 0 Å². The van der Waals surface area contributed by atoms with Gasteiger partial charge in [0.15, 0.2) is 0 Å². The van der Waals surface area contributed by atoms with Crippen LogP contribution >= 0.6 is 0 Å². The van der Waals surface area contributed by atoms with Crippen LogP contribution in [0.1, 0.15) is 59.3 Å². The monoisotopic (exact) mass is 184 g/mol. The van der Waals surface area contributed by atoms with E-state index in [1.807, 2.05) is 0 Å². The van der Waals surface area contributed by atoms with Crippen molar-refractivity contribution in [3.8, 4) is 0 Å². The van der Waals surface area contributed by atoms with E-state index in [0.717, 1.165) is 31.1 Å². The standard InChI is InChI=1S/C12H24O/c1-10(2)4-7-12(13)8-5-11(3)6-9-12/h10-11,13H,4-9H2,1-3H3. The molecule has 0 heterocycles. The summed E-state index contributed by atoms with van der Waals surface area (Å²) in [5.41, 5.74) is -0.309. The molecule has 13 heavy (non-hydrogen) atoms. The first-order valence-corrected chi connectivity index (χ1v) is 5.74. The molecule has 0 aliphatic heterocycles. The van der Waals surface area contributed by atoms with E-state index in [0.29, 0.717) is 0 Å². The highest BCUT2D eigenvalue weighted by Crippen LogP contribution is 2.35. The van der Waals surface area contributed by atoms with Crippen LogP contribution in [0.5, 0.6) is 0 Å². The summed E-state index contributed by atoms with van der Waals surface area (Å²) in [6, 6.07) is 0. The number of hydrogen-bond donors (Lipinski definition) is 1. The van der Waals surface area contributed by atoms with Crippen LogP contribution in [0.15, 0.2) is 0 Å². The highest BCUT2D eigenvalue weighted by atomic mass is 16.3. The third-order valence-corrected chi connectivity index (χ3v) is 3.39. The zero-order valence-corrected chi connectivity index (χ0v) is 9.34. The number of hydrogen-bond acceptors (Lipinski definition) is 1. The highest BCUT2D eigenvalue weighted by Gasteiger charge is 2.31. The largest absolute Gasteiger partial charge is 0.390 e. The van der Waals surface area contributed by atoms with E-state index in [4.69, 9.17) is 0 Å². The van der Waals surface area contributed by atoms with Crippen LogP contribution in [-0.4, -0.2) is 10.7 Å². The SMILES string of the molecule is CC(C)CCC1(O)CCC(C)CC1. The molecule has 0 unspecified atom stereocenters. The maximum atomic E-state index is 10.2. The first-order valence-electron chi connectivity index (χ1n) is 5.74. The number of aliphatic hydroxyl groups is 1. The third-order valence-electron chi connectivity index (χ3n) is 3.39. The lowest BCUT2D eigenvalue weighted by Gasteiger charge is -2.35. The van der Waals surface area contributed by atoms with Crippen molar-refractivity contribution >= 4 is 0 Å². The van der Waals surface area contributed by atoms with Gasteiger partial charge in [-0.2, -0.15) is 0 Å². The molecule has 1 rings (SSSR count). The van der Waals surface area contributed by atoms with Crippen LogP contribution < -0.4 is 0 Å². The lowest BCUT2D eigenvalue weighted by atomic mass is 9.76. The van der Waals surface area contributed by atoms with Gasteiger partial charge in [-0.1, -0.05) is 20.8 Å². The number of rotatable bonds is 3. The van der Waals surface area contributed by atoms with Gasteiger partial charge in [0.05, 0.1) is 5.60 Å². The second-order valence-corrected chi connectivity index (χ2v) is 5.34. The summed E-state index contributed by atoms with van der Waals surface area (Å²) in [4.78, 5) is 0. The molecule has 1 saturated carbocycles.